The third-order valence-corrected chi connectivity index (χ3v) is 5.47. The molecule has 6 heteroatoms. The van der Waals surface area contributed by atoms with Crippen molar-refractivity contribution >= 4 is 11.6 Å². The minimum absolute atomic E-state index is 0.109. The molecule has 0 spiro atoms. The quantitative estimate of drug-likeness (QED) is 0.837. The number of fused-ring (bicyclic) bond motifs is 2. The van der Waals surface area contributed by atoms with Crippen LogP contribution in [0.2, 0.25) is 0 Å². The van der Waals surface area contributed by atoms with E-state index in [1.807, 2.05) is 42.1 Å². The number of anilines is 1. The Morgan fingerprint density at radius 3 is 2.65 bits per heavy atom. The lowest BCUT2D eigenvalue weighted by molar-refractivity contribution is -0.117. The molecule has 2 fully saturated rings. The van der Waals surface area contributed by atoms with Gasteiger partial charge >= 0.3 is 0 Å². The van der Waals surface area contributed by atoms with Crippen molar-refractivity contribution in [3.05, 3.63) is 42.5 Å². The van der Waals surface area contributed by atoms with E-state index in [-0.39, 0.29) is 5.91 Å². The third-order valence-electron chi connectivity index (χ3n) is 5.47. The molecule has 2 atom stereocenters. The summed E-state index contributed by atoms with van der Waals surface area (Å²) in [4.78, 5) is 16.6. The van der Waals surface area contributed by atoms with Crippen LogP contribution < -0.4 is 15.4 Å². The van der Waals surface area contributed by atoms with Crippen LogP contribution in [0.5, 0.6) is 5.75 Å². The number of ether oxygens (including phenoxy) is 1. The number of piperidine rings is 1. The van der Waals surface area contributed by atoms with Gasteiger partial charge in [0.2, 0.25) is 5.91 Å². The lowest BCUT2D eigenvalue weighted by Gasteiger charge is -2.28. The minimum atomic E-state index is 0.109. The predicted octanol–water partition coefficient (Wildman–Crippen LogP) is 2.86. The van der Waals surface area contributed by atoms with Crippen molar-refractivity contribution in [2.45, 2.75) is 50.8 Å². The molecule has 1 aromatic carbocycles. The maximum absolute atomic E-state index is 12.3. The summed E-state index contributed by atoms with van der Waals surface area (Å²) in [6.07, 6.45) is 9.06. The fourth-order valence-electron chi connectivity index (χ4n) is 4.13. The number of benzene rings is 1. The van der Waals surface area contributed by atoms with E-state index in [2.05, 4.69) is 15.6 Å². The molecule has 138 valence electrons. The normalized spacial score (nSPS) is 24.4. The number of nitrogens with zero attached hydrogens (tertiary/aromatic N) is 2. The van der Waals surface area contributed by atoms with E-state index in [1.165, 1.54) is 12.8 Å². The van der Waals surface area contributed by atoms with Crippen molar-refractivity contribution in [1.82, 2.24) is 14.9 Å². The molecule has 2 N–H and O–H groups in total. The zero-order chi connectivity index (χ0) is 17.9. The molecule has 2 unspecified atom stereocenters. The Kier molecular flexibility index (Phi) is 4.93. The van der Waals surface area contributed by atoms with Gasteiger partial charge in [-0.3, -0.25) is 4.79 Å². The Hall–Kier alpha value is -2.34. The van der Waals surface area contributed by atoms with Crippen molar-refractivity contribution in [3.8, 4) is 5.75 Å². The van der Waals surface area contributed by atoms with Crippen molar-refractivity contribution in [2.75, 3.05) is 5.32 Å². The van der Waals surface area contributed by atoms with Crippen LogP contribution in [0.15, 0.2) is 36.7 Å². The van der Waals surface area contributed by atoms with Crippen molar-refractivity contribution in [2.24, 2.45) is 13.0 Å². The van der Waals surface area contributed by atoms with Gasteiger partial charge in [0.05, 0.1) is 0 Å². The minimum Gasteiger partial charge on any atom is -0.486 e. The van der Waals surface area contributed by atoms with Crippen LogP contribution in [-0.2, 0) is 18.4 Å². The Balaban J connectivity index is 1.25. The van der Waals surface area contributed by atoms with Crippen LogP contribution in [0.1, 0.15) is 37.9 Å². The summed E-state index contributed by atoms with van der Waals surface area (Å²) in [5.41, 5.74) is 0.816. The Morgan fingerprint density at radius 1 is 1.27 bits per heavy atom. The number of carbonyl (C=O) groups excluding carboxylic acids is 1. The van der Waals surface area contributed by atoms with Gasteiger partial charge < -0.3 is 19.9 Å². The highest BCUT2D eigenvalue weighted by atomic mass is 16.5. The molecule has 4 rings (SSSR count). The maximum atomic E-state index is 12.3. The van der Waals surface area contributed by atoms with Gasteiger partial charge in [-0.05, 0) is 55.9 Å². The Bertz CT molecular complexity index is 743. The molecule has 3 heterocycles. The number of amides is 1. The Labute approximate surface area is 154 Å². The summed E-state index contributed by atoms with van der Waals surface area (Å²) in [6, 6.07) is 8.78. The number of hydrogen-bond donors (Lipinski definition) is 2. The smallest absolute Gasteiger partial charge is 0.224 e. The van der Waals surface area contributed by atoms with E-state index < -0.39 is 0 Å². The van der Waals surface area contributed by atoms with E-state index in [0.29, 0.717) is 31.0 Å². The van der Waals surface area contributed by atoms with E-state index in [9.17, 15) is 4.79 Å². The highest BCUT2D eigenvalue weighted by Gasteiger charge is 2.34. The third kappa shape index (κ3) is 4.07. The van der Waals surface area contributed by atoms with Gasteiger partial charge in [-0.2, -0.15) is 0 Å². The average molecular weight is 354 g/mol. The van der Waals surface area contributed by atoms with Gasteiger partial charge in [0, 0.05) is 43.6 Å². The molecule has 26 heavy (non-hydrogen) atoms. The Morgan fingerprint density at radius 2 is 2.00 bits per heavy atom. The molecule has 1 amide bonds. The van der Waals surface area contributed by atoms with Gasteiger partial charge in [0.15, 0.2) is 0 Å². The molecule has 0 radical (unpaired) electrons. The summed E-state index contributed by atoms with van der Waals surface area (Å²) < 4.78 is 7.67. The zero-order valence-corrected chi connectivity index (χ0v) is 15.1. The topological polar surface area (TPSA) is 68.2 Å². The summed E-state index contributed by atoms with van der Waals surface area (Å²) >= 11 is 0. The summed E-state index contributed by atoms with van der Waals surface area (Å²) in [5, 5.41) is 6.64. The maximum Gasteiger partial charge on any atom is 0.224 e. The molecule has 2 saturated heterocycles. The molecular formula is C20H26N4O2. The van der Waals surface area contributed by atoms with Crippen molar-refractivity contribution < 1.29 is 9.53 Å². The number of aromatic nitrogens is 2. The first kappa shape index (κ1) is 17.1. The molecule has 6 nitrogen and oxygen atoms in total. The highest BCUT2D eigenvalue weighted by molar-refractivity contribution is 5.90. The van der Waals surface area contributed by atoms with Gasteiger partial charge in [0.25, 0.3) is 0 Å². The standard InChI is InChI=1S/C20H26N4O2/c1-24-9-8-21-19(24)13-26-18-6-4-15(5-7-18)23-20(25)12-14-10-16-2-3-17(11-14)22-16/h4-9,14,16-17,22H,2-3,10-13H2,1H3,(H,23,25). The van der Waals surface area contributed by atoms with Crippen LogP contribution in [0.4, 0.5) is 5.69 Å². The molecule has 2 aromatic rings. The van der Waals surface area contributed by atoms with Gasteiger partial charge in [-0.1, -0.05) is 0 Å². The fourth-order valence-corrected chi connectivity index (χ4v) is 4.13. The number of imidazole rings is 1. The number of carbonyl (C=O) groups is 1. The molecule has 0 aliphatic carbocycles. The SMILES string of the molecule is Cn1ccnc1COc1ccc(NC(=O)CC2CC3CCC(C2)N3)cc1. The van der Waals surface area contributed by atoms with Gasteiger partial charge in [0.1, 0.15) is 18.2 Å². The van der Waals surface area contributed by atoms with E-state index in [0.717, 1.165) is 30.1 Å². The lowest BCUT2D eigenvalue weighted by Crippen LogP contribution is -2.39. The number of nitrogens with one attached hydrogen (secondary N) is 2. The van der Waals surface area contributed by atoms with Crippen LogP contribution >= 0.6 is 0 Å². The highest BCUT2D eigenvalue weighted by Crippen LogP contribution is 2.32. The fraction of sp³-hybridized carbons (Fsp3) is 0.500. The summed E-state index contributed by atoms with van der Waals surface area (Å²) in [6.45, 7) is 0.424. The first-order valence-corrected chi connectivity index (χ1v) is 9.40. The molecule has 0 saturated carbocycles. The largest absolute Gasteiger partial charge is 0.486 e. The first-order chi connectivity index (χ1) is 12.7. The second kappa shape index (κ2) is 7.50. The summed E-state index contributed by atoms with van der Waals surface area (Å²) in [5.74, 6) is 2.26. The van der Waals surface area contributed by atoms with Crippen LogP contribution in [0.3, 0.4) is 0 Å². The predicted molar refractivity (Wildman–Crippen MR) is 99.9 cm³/mol. The van der Waals surface area contributed by atoms with Crippen molar-refractivity contribution in [1.29, 1.82) is 0 Å². The second-order valence-corrected chi connectivity index (χ2v) is 7.50. The van der Waals surface area contributed by atoms with Crippen LogP contribution in [0.25, 0.3) is 0 Å². The van der Waals surface area contributed by atoms with Crippen LogP contribution in [-0.4, -0.2) is 27.5 Å². The monoisotopic (exact) mass is 354 g/mol. The van der Waals surface area contributed by atoms with Crippen LogP contribution in [0, 0.1) is 5.92 Å². The molecule has 2 aliphatic heterocycles. The summed E-state index contributed by atoms with van der Waals surface area (Å²) in [7, 11) is 1.94. The van der Waals surface area contributed by atoms with Gasteiger partial charge in [-0.15, -0.1) is 0 Å². The van der Waals surface area contributed by atoms with E-state index >= 15 is 0 Å². The number of aryl methyl sites for hydroxylation is 1. The van der Waals surface area contributed by atoms with E-state index in [4.69, 9.17) is 4.74 Å². The van der Waals surface area contributed by atoms with Gasteiger partial charge in [-0.25, -0.2) is 4.98 Å². The van der Waals surface area contributed by atoms with E-state index in [1.54, 1.807) is 6.20 Å². The molecular weight excluding hydrogens is 328 g/mol. The molecule has 2 aliphatic rings. The number of hydrogen-bond acceptors (Lipinski definition) is 4. The second-order valence-electron chi connectivity index (χ2n) is 7.50. The molecule has 1 aromatic heterocycles. The first-order valence-electron chi connectivity index (χ1n) is 9.40. The van der Waals surface area contributed by atoms with Crippen molar-refractivity contribution in [3.63, 3.8) is 0 Å². The lowest BCUT2D eigenvalue weighted by atomic mass is 9.89. The molecule has 2 bridgehead atoms. The average Bonchev–Trinajstić information content (AvgIpc) is 3.19. The number of rotatable bonds is 6. The zero-order valence-electron chi connectivity index (χ0n) is 15.1.